The van der Waals surface area contributed by atoms with Gasteiger partial charge in [-0.2, -0.15) is 0 Å². The highest BCUT2D eigenvalue weighted by molar-refractivity contribution is 6.09. The Bertz CT molecular complexity index is 5080. The fraction of sp³-hybridized carbons (Fsp3) is 0.189. The smallest absolute Gasteiger partial charge is 0.269 e. The van der Waals surface area contributed by atoms with Crippen LogP contribution in [0.25, 0.3) is 106 Å². The summed E-state index contributed by atoms with van der Waals surface area (Å²) in [7, 11) is 0. The van der Waals surface area contributed by atoms with Crippen molar-refractivity contribution < 1.29 is 28.5 Å². The van der Waals surface area contributed by atoms with Gasteiger partial charge in [-0.05, 0) is 174 Å². The minimum atomic E-state index is -2.88. The lowest BCUT2D eigenvalue weighted by molar-refractivity contribution is -0.570. The topological polar surface area (TPSA) is 35.9 Å². The zero-order chi connectivity index (χ0) is 66.7. The van der Waals surface area contributed by atoms with E-state index in [2.05, 4.69) is 97.5 Å². The summed E-state index contributed by atoms with van der Waals surface area (Å²) in [5, 5.41) is 2.05. The van der Waals surface area contributed by atoms with E-state index in [-0.39, 0.29) is 66.7 Å². The highest BCUT2D eigenvalue weighted by Gasteiger charge is 2.30. The first-order valence-electron chi connectivity index (χ1n) is 33.6. The summed E-state index contributed by atoms with van der Waals surface area (Å²) >= 11 is 0. The van der Waals surface area contributed by atoms with Gasteiger partial charge < -0.3 is 4.74 Å². The molecule has 79 heavy (non-hydrogen) atoms. The zero-order valence-electron chi connectivity index (χ0n) is 59.6. The summed E-state index contributed by atoms with van der Waals surface area (Å²) in [6.07, 6.45) is 5.52. The Morgan fingerprint density at radius 2 is 1.09 bits per heavy atom. The normalized spacial score (nSPS) is 15.4. The Labute approximate surface area is 484 Å². The molecule has 0 aliphatic carbocycles. The van der Waals surface area contributed by atoms with Gasteiger partial charge in [-0.3, -0.25) is 13.7 Å². The first-order chi connectivity index (χ1) is 43.6. The van der Waals surface area contributed by atoms with Gasteiger partial charge in [0.05, 0.1) is 44.4 Å². The van der Waals surface area contributed by atoms with E-state index >= 15 is 0 Å². The van der Waals surface area contributed by atoms with Gasteiger partial charge in [0.15, 0.2) is 0 Å². The number of imidazole rings is 1. The maximum absolute atomic E-state index is 10.1. The van der Waals surface area contributed by atoms with E-state index in [4.69, 9.17) is 17.9 Å². The molecule has 388 valence electrons. The highest BCUT2D eigenvalue weighted by atomic mass is 16.5. The molecule has 1 aliphatic rings. The Balaban J connectivity index is 1.16. The molecule has 5 heteroatoms. The Hall–Kier alpha value is -8.80. The second kappa shape index (κ2) is 18.4. The maximum atomic E-state index is 10.1. The third-order valence-corrected chi connectivity index (χ3v) is 15.3. The molecule has 4 heterocycles. The van der Waals surface area contributed by atoms with Gasteiger partial charge in [-0.15, -0.1) is 0 Å². The van der Waals surface area contributed by atoms with Crippen LogP contribution >= 0.6 is 0 Å². The van der Waals surface area contributed by atoms with Gasteiger partial charge in [-0.1, -0.05) is 190 Å². The molecule has 13 rings (SSSR count). The van der Waals surface area contributed by atoms with Crippen LogP contribution in [-0.2, 0) is 16.2 Å². The molecule has 0 saturated heterocycles. The summed E-state index contributed by atoms with van der Waals surface area (Å²) in [5.41, 5.74) is 5.35. The third kappa shape index (κ3) is 8.55. The number of ether oxygens (including phenoxy) is 1. The Morgan fingerprint density at radius 1 is 0.494 bits per heavy atom. The van der Waals surface area contributed by atoms with E-state index in [0.29, 0.717) is 39.3 Å². The quantitative estimate of drug-likeness (QED) is 0.123. The van der Waals surface area contributed by atoms with Crippen LogP contribution in [0.1, 0.15) is 109 Å². The monoisotopic (exact) mass is 1040 g/mol. The van der Waals surface area contributed by atoms with E-state index in [1.807, 2.05) is 85.1 Å². The molecule has 0 bridgehead atoms. The Kier molecular flexibility index (Phi) is 8.47. The largest absolute Gasteiger partial charge is 0.458 e. The van der Waals surface area contributed by atoms with Crippen LogP contribution in [0.2, 0.25) is 0 Å². The van der Waals surface area contributed by atoms with Gasteiger partial charge in [0.25, 0.3) is 6.33 Å². The van der Waals surface area contributed by atoms with E-state index in [1.54, 1.807) is 33.4 Å². The molecular weight excluding hydrogens is 961 g/mol. The Morgan fingerprint density at radius 3 is 1.77 bits per heavy atom. The molecule has 9 aromatic carbocycles. The van der Waals surface area contributed by atoms with Crippen molar-refractivity contribution in [2.45, 2.75) is 92.3 Å². The van der Waals surface area contributed by atoms with Crippen LogP contribution in [0.15, 0.2) is 200 Å². The van der Waals surface area contributed by atoms with Crippen LogP contribution in [0.4, 0.5) is 0 Å². The van der Waals surface area contributed by atoms with Crippen molar-refractivity contribution in [1.29, 1.82) is 0 Å². The molecule has 3 aromatic heterocycles. The van der Waals surface area contributed by atoms with E-state index in [0.717, 1.165) is 44.3 Å². The summed E-state index contributed by atoms with van der Waals surface area (Å²) in [6, 6.07) is 39.9. The van der Waals surface area contributed by atoms with Gasteiger partial charge in [0.1, 0.15) is 17.3 Å². The van der Waals surface area contributed by atoms with Crippen molar-refractivity contribution >= 4 is 32.8 Å². The van der Waals surface area contributed by atoms with Crippen molar-refractivity contribution in [3.8, 4) is 84.3 Å². The fourth-order valence-corrected chi connectivity index (χ4v) is 11.1. The lowest BCUT2D eigenvalue weighted by Gasteiger charge is -2.28. The van der Waals surface area contributed by atoms with E-state index in [1.165, 1.54) is 18.2 Å². The first-order valence-corrected chi connectivity index (χ1v) is 26.6. The molecule has 0 radical (unpaired) electrons. The molecular formula is C74H66N4O. The van der Waals surface area contributed by atoms with Crippen molar-refractivity contribution in [2.75, 3.05) is 0 Å². The molecule has 5 nitrogen and oxygen atoms in total. The number of benzene rings is 9. The SMILES string of the molecule is [2H]c1c([2H])c([2H])c2c(c1[2H])-c1cc(-c3c(C([2H])([2H])[2H])cccc3C([2H])([2H])[2H])cc(-c3cc(C(C)(C)C)cc(C(C)(C)C)c3)c1-[n+]1[c-]n(-c3cccc(Oc4ccc5c6ccccc6n(-c6cc(C(C)(C)C)ccn6)c5c4)c3)c3cccc(c31)-c1c([2H])c([2H])c([2H])c([2H])c1-2. The summed E-state index contributed by atoms with van der Waals surface area (Å²) in [6.45, 7) is 13.3. The number of fused-ring (bicyclic) bond motifs is 10. The van der Waals surface area contributed by atoms with Crippen molar-refractivity contribution in [3.63, 3.8) is 0 Å². The number of hydrogen-bond donors (Lipinski definition) is 0. The summed E-state index contributed by atoms with van der Waals surface area (Å²) in [5.74, 6) is 1.74. The molecule has 0 saturated carbocycles. The second-order valence-corrected chi connectivity index (χ2v) is 23.7. The van der Waals surface area contributed by atoms with Gasteiger partial charge in [-0.25, -0.2) is 4.98 Å². The minimum absolute atomic E-state index is 0.0558. The molecule has 0 spiro atoms. The van der Waals surface area contributed by atoms with Crippen LogP contribution < -0.4 is 9.30 Å². The molecule has 0 fully saturated rings. The number of rotatable bonds is 6. The van der Waals surface area contributed by atoms with Crippen molar-refractivity contribution in [1.82, 2.24) is 14.1 Å². The lowest BCUT2D eigenvalue weighted by Crippen LogP contribution is -2.32. The predicted molar refractivity (Wildman–Crippen MR) is 329 cm³/mol. The lowest BCUT2D eigenvalue weighted by atomic mass is 9.78. The number of nitrogens with zero attached hydrogens (tertiary/aromatic N) is 4. The number of aryl methyl sites for hydroxylation is 2. The number of hydrogen-bond acceptors (Lipinski definition) is 2. The van der Waals surface area contributed by atoms with Crippen LogP contribution in [0, 0.1) is 20.0 Å². The molecule has 0 unspecified atom stereocenters. The molecule has 12 aromatic rings. The van der Waals surface area contributed by atoms with Gasteiger partial charge in [0, 0.05) is 31.3 Å². The minimum Gasteiger partial charge on any atom is -0.458 e. The average molecular weight is 1040 g/mol. The second-order valence-electron chi connectivity index (χ2n) is 23.7. The predicted octanol–water partition coefficient (Wildman–Crippen LogP) is 19.1. The van der Waals surface area contributed by atoms with Crippen LogP contribution in [0.5, 0.6) is 11.5 Å². The van der Waals surface area contributed by atoms with Crippen molar-refractivity contribution in [2.24, 2.45) is 0 Å². The van der Waals surface area contributed by atoms with E-state index < -0.39 is 72.9 Å². The van der Waals surface area contributed by atoms with Gasteiger partial charge in [0.2, 0.25) is 0 Å². The third-order valence-electron chi connectivity index (χ3n) is 15.3. The molecule has 0 N–H and O–H groups in total. The number of para-hydroxylation sites is 2. The van der Waals surface area contributed by atoms with Gasteiger partial charge >= 0.3 is 0 Å². The standard InChI is InChI=1S/C74H66N4O/c1-46-21-18-22-47(2)69(46)49-39-63(48-37-51(73(6,7)8)41-52(38-48)74(9,10)11)70-64(40-49)59-28-15-13-26-57(59)56-25-12-14-27-58(56)62-30-20-32-66-71(62)77(70)45-76(66)53-23-19-24-54(43-53)79-55-33-34-61-60-29-16-17-31-65(60)78(67(61)44-55)68-42-50(35-36-75-68)72(3,4)5/h12-44H,1-11H3/i1D3,2D3,12D,13D,14D,15D,25D,26D,27D,28D. The maximum Gasteiger partial charge on any atom is 0.269 e. The van der Waals surface area contributed by atoms with E-state index in [9.17, 15) is 11.0 Å². The van der Waals surface area contributed by atoms with Crippen LogP contribution in [0.3, 0.4) is 0 Å². The molecule has 1 aliphatic heterocycles. The first kappa shape index (κ1) is 36.3. The number of aromatic nitrogens is 4. The van der Waals surface area contributed by atoms with Crippen LogP contribution in [-0.4, -0.2) is 14.1 Å². The summed E-state index contributed by atoms with van der Waals surface area (Å²) < 4.78 is 143. The zero-order valence-corrected chi connectivity index (χ0v) is 45.6. The van der Waals surface area contributed by atoms with Crippen molar-refractivity contribution in [3.05, 3.63) is 234 Å². The highest BCUT2D eigenvalue weighted by Crippen LogP contribution is 2.48. The molecule has 0 amide bonds. The fourth-order valence-electron chi connectivity index (χ4n) is 11.1. The number of pyridine rings is 1. The average Bonchev–Trinajstić information content (AvgIpc) is 1.65. The molecule has 0 atom stereocenters. The summed E-state index contributed by atoms with van der Waals surface area (Å²) in [4.78, 5) is 4.88.